The molecule has 0 aromatic rings. The molecule has 3 aliphatic rings. The normalized spacial score (nSPS) is 48.0. The topological polar surface area (TPSA) is 49.7 Å². The van der Waals surface area contributed by atoms with E-state index in [0.29, 0.717) is 0 Å². The van der Waals surface area contributed by atoms with Gasteiger partial charge in [0.2, 0.25) is 0 Å². The largest absolute Gasteiger partial charge is 0.386 e. The minimum Gasteiger partial charge on any atom is -0.386 e. The lowest BCUT2D eigenvalue weighted by molar-refractivity contribution is -0.146. The molecule has 0 unspecified atom stereocenters. The van der Waals surface area contributed by atoms with Gasteiger partial charge in [-0.2, -0.15) is 0 Å². The van der Waals surface area contributed by atoms with Crippen molar-refractivity contribution in [2.75, 3.05) is 0 Å². The van der Waals surface area contributed by atoms with Crippen LogP contribution in [-0.2, 0) is 4.74 Å². The fourth-order valence-corrected chi connectivity index (χ4v) is 4.42. The van der Waals surface area contributed by atoms with E-state index in [4.69, 9.17) is 4.74 Å². The molecule has 3 nitrogen and oxygen atoms in total. The summed E-state index contributed by atoms with van der Waals surface area (Å²) in [5.74, 6) is 0. The second kappa shape index (κ2) is 4.69. The summed E-state index contributed by atoms with van der Waals surface area (Å²) in [5, 5.41) is 21.6. The van der Waals surface area contributed by atoms with Crippen LogP contribution in [0.25, 0.3) is 0 Å². The smallest absolute Gasteiger partial charge is 0.108 e. The van der Waals surface area contributed by atoms with Crippen molar-refractivity contribution in [2.24, 2.45) is 5.41 Å². The molecule has 2 aliphatic carbocycles. The van der Waals surface area contributed by atoms with Gasteiger partial charge in [-0.05, 0) is 49.8 Å². The van der Waals surface area contributed by atoms with Crippen molar-refractivity contribution in [3.8, 4) is 0 Å². The van der Waals surface area contributed by atoms with E-state index >= 15 is 0 Å². The van der Waals surface area contributed by atoms with Crippen LogP contribution in [0.2, 0.25) is 0 Å². The van der Waals surface area contributed by atoms with Crippen LogP contribution in [-0.4, -0.2) is 34.1 Å². The molecule has 0 amide bonds. The van der Waals surface area contributed by atoms with Gasteiger partial charge in [-0.1, -0.05) is 26.3 Å². The van der Waals surface area contributed by atoms with Gasteiger partial charge in [0.1, 0.15) is 12.2 Å². The van der Waals surface area contributed by atoms with Gasteiger partial charge >= 0.3 is 0 Å². The van der Waals surface area contributed by atoms with Gasteiger partial charge in [-0.15, -0.1) is 0 Å². The summed E-state index contributed by atoms with van der Waals surface area (Å²) in [6.45, 7) is 7.98. The quantitative estimate of drug-likeness (QED) is 0.725. The highest BCUT2D eigenvalue weighted by molar-refractivity contribution is 5.34. The van der Waals surface area contributed by atoms with Crippen molar-refractivity contribution in [3.63, 3.8) is 0 Å². The molecule has 0 spiro atoms. The first-order valence-electron chi connectivity index (χ1n) is 7.81. The molecular weight excluding hydrogens is 252 g/mol. The highest BCUT2D eigenvalue weighted by Crippen LogP contribution is 2.56. The van der Waals surface area contributed by atoms with E-state index in [1.54, 1.807) is 0 Å². The molecule has 1 aliphatic heterocycles. The monoisotopic (exact) mass is 278 g/mol. The molecule has 112 valence electrons. The molecule has 0 aromatic carbocycles. The van der Waals surface area contributed by atoms with Crippen molar-refractivity contribution in [1.29, 1.82) is 0 Å². The van der Waals surface area contributed by atoms with Gasteiger partial charge in [0, 0.05) is 5.41 Å². The average Bonchev–Trinajstić information content (AvgIpc) is 2.39. The Hall–Kier alpha value is -0.640. The van der Waals surface area contributed by atoms with Crippen LogP contribution in [0.3, 0.4) is 0 Å². The molecule has 20 heavy (non-hydrogen) atoms. The molecule has 0 radical (unpaired) electrons. The Morgan fingerprint density at radius 3 is 2.75 bits per heavy atom. The summed E-state index contributed by atoms with van der Waals surface area (Å²) in [7, 11) is 0. The Morgan fingerprint density at radius 2 is 2.05 bits per heavy atom. The van der Waals surface area contributed by atoms with E-state index in [1.165, 1.54) is 6.42 Å². The zero-order valence-electron chi connectivity index (χ0n) is 12.6. The summed E-state index contributed by atoms with van der Waals surface area (Å²) in [6.07, 6.45) is 6.79. The molecular formula is C17H26O3. The number of aliphatic hydroxyl groups excluding tert-OH is 1. The van der Waals surface area contributed by atoms with Gasteiger partial charge in [-0.3, -0.25) is 0 Å². The number of aliphatic hydroxyl groups is 2. The molecule has 3 heteroatoms. The molecule has 2 fully saturated rings. The zero-order valence-corrected chi connectivity index (χ0v) is 12.6. The average molecular weight is 278 g/mol. The minimum absolute atomic E-state index is 0.0590. The lowest BCUT2D eigenvalue weighted by Crippen LogP contribution is -2.59. The molecule has 3 rings (SSSR count). The summed E-state index contributed by atoms with van der Waals surface area (Å²) in [5.41, 5.74) is 0.912. The second-order valence-electron chi connectivity index (χ2n) is 7.17. The van der Waals surface area contributed by atoms with Gasteiger partial charge in [0.25, 0.3) is 0 Å². The maximum Gasteiger partial charge on any atom is 0.108 e. The molecule has 2 saturated carbocycles. The number of rotatable bonds is 1. The van der Waals surface area contributed by atoms with Gasteiger partial charge < -0.3 is 14.9 Å². The predicted molar refractivity (Wildman–Crippen MR) is 78.3 cm³/mol. The fraction of sp³-hybridized carbons (Fsp3) is 0.765. The number of hydrogen-bond acceptors (Lipinski definition) is 3. The van der Waals surface area contributed by atoms with Crippen LogP contribution in [0, 0.1) is 5.41 Å². The highest BCUT2D eigenvalue weighted by Gasteiger charge is 2.56. The van der Waals surface area contributed by atoms with E-state index in [1.807, 2.05) is 13.0 Å². The van der Waals surface area contributed by atoms with E-state index in [0.717, 1.165) is 43.3 Å². The standard InChI is InChI=1S/C17H26O3/c1-11(2)15-13(18)10-12-14(20-15)6-9-16(3)7-4-5-8-17(12,16)19/h10,13-15,18-19H,1,4-9H2,2-3H3/t13-,14+,15-,16+,17-/m1/s1. The number of fused-ring (bicyclic) bond motifs is 3. The van der Waals surface area contributed by atoms with E-state index in [2.05, 4.69) is 13.5 Å². The predicted octanol–water partition coefficient (Wildman–Crippen LogP) is 2.72. The first-order chi connectivity index (χ1) is 9.37. The molecule has 5 atom stereocenters. The van der Waals surface area contributed by atoms with Crippen molar-refractivity contribution in [3.05, 3.63) is 23.8 Å². The highest BCUT2D eigenvalue weighted by atomic mass is 16.5. The third-order valence-electron chi connectivity index (χ3n) is 5.76. The molecule has 1 heterocycles. The van der Waals surface area contributed by atoms with Gasteiger partial charge in [0.05, 0.1) is 11.7 Å². The Balaban J connectivity index is 1.99. The molecule has 0 saturated heterocycles. The van der Waals surface area contributed by atoms with Crippen LogP contribution < -0.4 is 0 Å². The zero-order chi connectivity index (χ0) is 14.5. The molecule has 0 bridgehead atoms. The van der Waals surface area contributed by atoms with Crippen LogP contribution in [0.5, 0.6) is 0 Å². The van der Waals surface area contributed by atoms with Crippen molar-refractivity contribution >= 4 is 0 Å². The van der Waals surface area contributed by atoms with Crippen LogP contribution >= 0.6 is 0 Å². The van der Waals surface area contributed by atoms with E-state index < -0.39 is 11.7 Å². The Bertz CT molecular complexity index is 455. The van der Waals surface area contributed by atoms with E-state index in [9.17, 15) is 10.2 Å². The molecule has 2 N–H and O–H groups in total. The summed E-state index contributed by atoms with van der Waals surface area (Å²) < 4.78 is 6.05. The second-order valence-corrected chi connectivity index (χ2v) is 7.17. The first kappa shape index (κ1) is 14.3. The van der Waals surface area contributed by atoms with Gasteiger partial charge in [-0.25, -0.2) is 0 Å². The van der Waals surface area contributed by atoms with Gasteiger partial charge in [0.15, 0.2) is 0 Å². The van der Waals surface area contributed by atoms with Crippen LogP contribution in [0.4, 0.5) is 0 Å². The minimum atomic E-state index is -0.796. The maximum absolute atomic E-state index is 11.3. The lowest BCUT2D eigenvalue weighted by atomic mass is 9.54. The first-order valence-corrected chi connectivity index (χ1v) is 7.81. The Kier molecular flexibility index (Phi) is 3.35. The Labute approximate surface area is 121 Å². The summed E-state index contributed by atoms with van der Waals surface area (Å²) >= 11 is 0. The number of ether oxygens (including phenoxy) is 1. The third kappa shape index (κ3) is 1.91. The van der Waals surface area contributed by atoms with Crippen LogP contribution in [0.1, 0.15) is 52.4 Å². The van der Waals surface area contributed by atoms with Crippen molar-refractivity contribution in [1.82, 2.24) is 0 Å². The Morgan fingerprint density at radius 1 is 1.35 bits per heavy atom. The maximum atomic E-state index is 11.3. The van der Waals surface area contributed by atoms with Crippen LogP contribution in [0.15, 0.2) is 23.8 Å². The molecule has 0 aromatic heterocycles. The summed E-state index contributed by atoms with van der Waals surface area (Å²) in [6, 6.07) is 0. The third-order valence-corrected chi connectivity index (χ3v) is 5.76. The van der Waals surface area contributed by atoms with E-state index in [-0.39, 0.29) is 17.6 Å². The number of hydrogen-bond donors (Lipinski definition) is 2. The lowest BCUT2D eigenvalue weighted by Gasteiger charge is -2.56. The van der Waals surface area contributed by atoms with Crippen molar-refractivity contribution in [2.45, 2.75) is 76.3 Å². The fourth-order valence-electron chi connectivity index (χ4n) is 4.42. The summed E-state index contributed by atoms with van der Waals surface area (Å²) in [4.78, 5) is 0. The SMILES string of the molecule is C=C(C)[C@H]1O[C@H]2CC[C@]3(C)CCCC[C@@]3(O)C2=C[C@H]1O. The van der Waals surface area contributed by atoms with Crippen molar-refractivity contribution < 1.29 is 14.9 Å².